The summed E-state index contributed by atoms with van der Waals surface area (Å²) in [5.41, 5.74) is 1.98. The Morgan fingerprint density at radius 1 is 0.964 bits per heavy atom. The molecule has 148 valence electrons. The fourth-order valence-electron chi connectivity index (χ4n) is 2.91. The minimum absolute atomic E-state index is 0.252. The van der Waals surface area contributed by atoms with E-state index in [9.17, 15) is 0 Å². The molecule has 0 bridgehead atoms. The highest BCUT2D eigenvalue weighted by Gasteiger charge is 2.09. The predicted molar refractivity (Wildman–Crippen MR) is 114 cm³/mol. The van der Waals surface area contributed by atoms with E-state index in [1.807, 2.05) is 62.4 Å². The SMILES string of the molecule is COc1ccccc1CNc1nc(NCCCOC(C)C)nc2ccccc12. The molecule has 0 aliphatic carbocycles. The van der Waals surface area contributed by atoms with Gasteiger partial charge in [-0.25, -0.2) is 4.98 Å². The van der Waals surface area contributed by atoms with Gasteiger partial charge < -0.3 is 20.1 Å². The molecular formula is C22H28N4O2. The topological polar surface area (TPSA) is 68.3 Å². The van der Waals surface area contributed by atoms with Crippen LogP contribution in [0.15, 0.2) is 48.5 Å². The quantitative estimate of drug-likeness (QED) is 0.506. The zero-order valence-electron chi connectivity index (χ0n) is 16.7. The average Bonchev–Trinajstić information content (AvgIpc) is 2.71. The average molecular weight is 380 g/mol. The van der Waals surface area contributed by atoms with Gasteiger partial charge in [0.1, 0.15) is 11.6 Å². The molecule has 0 unspecified atom stereocenters. The molecule has 0 aliphatic rings. The second-order valence-corrected chi connectivity index (χ2v) is 6.78. The van der Waals surface area contributed by atoms with E-state index in [1.54, 1.807) is 7.11 Å². The molecule has 3 rings (SSSR count). The third-order valence-corrected chi connectivity index (χ3v) is 4.30. The first-order valence-corrected chi connectivity index (χ1v) is 9.65. The van der Waals surface area contributed by atoms with Crippen LogP contribution in [0.2, 0.25) is 0 Å². The Hall–Kier alpha value is -2.86. The van der Waals surface area contributed by atoms with E-state index in [0.29, 0.717) is 12.5 Å². The third kappa shape index (κ3) is 5.33. The Kier molecular flexibility index (Phi) is 7.03. The number of nitrogens with zero attached hydrogens (tertiary/aromatic N) is 2. The summed E-state index contributed by atoms with van der Waals surface area (Å²) in [6, 6.07) is 16.0. The van der Waals surface area contributed by atoms with Crippen LogP contribution < -0.4 is 15.4 Å². The fraction of sp³-hybridized carbons (Fsp3) is 0.364. The molecule has 0 fully saturated rings. The van der Waals surface area contributed by atoms with Crippen molar-refractivity contribution in [2.75, 3.05) is 30.9 Å². The standard InChI is InChI=1S/C22H28N4O2/c1-16(2)28-14-8-13-23-22-25-19-11-6-5-10-18(19)21(26-22)24-15-17-9-4-7-12-20(17)27-3/h4-7,9-12,16H,8,13-15H2,1-3H3,(H2,23,24,25,26). The number of anilines is 2. The van der Waals surface area contributed by atoms with E-state index in [2.05, 4.69) is 20.6 Å². The zero-order chi connectivity index (χ0) is 19.8. The molecule has 2 N–H and O–H groups in total. The van der Waals surface area contributed by atoms with E-state index in [0.717, 1.165) is 47.6 Å². The molecule has 2 aromatic carbocycles. The van der Waals surface area contributed by atoms with Gasteiger partial charge in [0.2, 0.25) is 5.95 Å². The van der Waals surface area contributed by atoms with Gasteiger partial charge >= 0.3 is 0 Å². The highest BCUT2D eigenvalue weighted by molar-refractivity contribution is 5.90. The summed E-state index contributed by atoms with van der Waals surface area (Å²) in [5, 5.41) is 7.74. The Bertz CT molecular complexity index is 899. The van der Waals surface area contributed by atoms with Gasteiger partial charge in [-0.15, -0.1) is 0 Å². The van der Waals surface area contributed by atoms with Crippen LogP contribution in [0.5, 0.6) is 5.75 Å². The summed E-state index contributed by atoms with van der Waals surface area (Å²) in [4.78, 5) is 9.32. The lowest BCUT2D eigenvalue weighted by molar-refractivity contribution is 0.0787. The van der Waals surface area contributed by atoms with Crippen LogP contribution in [-0.4, -0.2) is 36.3 Å². The number of nitrogens with one attached hydrogen (secondary N) is 2. The van der Waals surface area contributed by atoms with E-state index in [-0.39, 0.29) is 6.10 Å². The molecule has 0 amide bonds. The third-order valence-electron chi connectivity index (χ3n) is 4.30. The molecule has 0 aliphatic heterocycles. The van der Waals surface area contributed by atoms with Gasteiger partial charge in [-0.1, -0.05) is 30.3 Å². The Labute approximate surface area is 166 Å². The number of hydrogen-bond acceptors (Lipinski definition) is 6. The maximum Gasteiger partial charge on any atom is 0.225 e. The number of aromatic nitrogens is 2. The largest absolute Gasteiger partial charge is 0.496 e. The van der Waals surface area contributed by atoms with Crippen molar-refractivity contribution in [3.8, 4) is 5.75 Å². The number of fused-ring (bicyclic) bond motifs is 1. The monoisotopic (exact) mass is 380 g/mol. The van der Waals surface area contributed by atoms with Crippen molar-refractivity contribution in [1.82, 2.24) is 9.97 Å². The van der Waals surface area contributed by atoms with Crippen molar-refractivity contribution in [3.63, 3.8) is 0 Å². The van der Waals surface area contributed by atoms with Crippen LogP contribution in [0.1, 0.15) is 25.8 Å². The highest BCUT2D eigenvalue weighted by Crippen LogP contribution is 2.24. The van der Waals surface area contributed by atoms with Crippen LogP contribution >= 0.6 is 0 Å². The summed E-state index contributed by atoms with van der Waals surface area (Å²) in [5.74, 6) is 2.28. The Morgan fingerprint density at radius 3 is 2.57 bits per heavy atom. The van der Waals surface area contributed by atoms with Crippen LogP contribution in [-0.2, 0) is 11.3 Å². The summed E-state index contributed by atoms with van der Waals surface area (Å²) < 4.78 is 11.0. The van der Waals surface area contributed by atoms with E-state index in [4.69, 9.17) is 9.47 Å². The molecule has 0 atom stereocenters. The van der Waals surface area contributed by atoms with Gasteiger partial charge in [0.25, 0.3) is 0 Å². The Balaban J connectivity index is 1.73. The first-order valence-electron chi connectivity index (χ1n) is 9.65. The van der Waals surface area contributed by atoms with Gasteiger partial charge in [-0.3, -0.25) is 0 Å². The fourth-order valence-corrected chi connectivity index (χ4v) is 2.91. The molecule has 1 aromatic heterocycles. The van der Waals surface area contributed by atoms with Crippen LogP contribution in [0.4, 0.5) is 11.8 Å². The van der Waals surface area contributed by atoms with Crippen molar-refractivity contribution < 1.29 is 9.47 Å². The first kappa shape index (κ1) is 19.9. The zero-order valence-corrected chi connectivity index (χ0v) is 16.7. The molecular weight excluding hydrogens is 352 g/mol. The molecule has 6 heteroatoms. The number of rotatable bonds is 10. The molecule has 3 aromatic rings. The summed E-state index contributed by atoms with van der Waals surface area (Å²) in [6.07, 6.45) is 1.15. The summed E-state index contributed by atoms with van der Waals surface area (Å²) in [6.45, 7) is 6.18. The van der Waals surface area contributed by atoms with E-state index in [1.165, 1.54) is 0 Å². The number of ether oxygens (including phenoxy) is 2. The minimum Gasteiger partial charge on any atom is -0.496 e. The molecule has 0 saturated heterocycles. The normalized spacial score (nSPS) is 11.0. The summed E-state index contributed by atoms with van der Waals surface area (Å²) in [7, 11) is 1.68. The lowest BCUT2D eigenvalue weighted by atomic mass is 10.2. The first-order chi connectivity index (χ1) is 13.7. The second-order valence-electron chi connectivity index (χ2n) is 6.78. The molecule has 1 heterocycles. The van der Waals surface area contributed by atoms with Crippen molar-refractivity contribution in [2.24, 2.45) is 0 Å². The maximum absolute atomic E-state index is 5.58. The van der Waals surface area contributed by atoms with E-state index < -0.39 is 0 Å². The van der Waals surface area contributed by atoms with Gasteiger partial charge in [0.05, 0.1) is 18.7 Å². The molecule has 6 nitrogen and oxygen atoms in total. The van der Waals surface area contributed by atoms with Crippen LogP contribution in [0.3, 0.4) is 0 Å². The minimum atomic E-state index is 0.252. The van der Waals surface area contributed by atoms with Crippen LogP contribution in [0.25, 0.3) is 10.9 Å². The highest BCUT2D eigenvalue weighted by atomic mass is 16.5. The Morgan fingerprint density at radius 2 is 1.75 bits per heavy atom. The molecule has 28 heavy (non-hydrogen) atoms. The van der Waals surface area contributed by atoms with Gasteiger partial charge in [0.15, 0.2) is 0 Å². The maximum atomic E-state index is 5.58. The smallest absolute Gasteiger partial charge is 0.225 e. The number of hydrogen-bond donors (Lipinski definition) is 2. The molecule has 0 saturated carbocycles. The van der Waals surface area contributed by atoms with Gasteiger partial charge in [-0.2, -0.15) is 4.98 Å². The van der Waals surface area contributed by atoms with Crippen molar-refractivity contribution in [3.05, 3.63) is 54.1 Å². The number of para-hydroxylation sites is 2. The van der Waals surface area contributed by atoms with Crippen molar-refractivity contribution in [1.29, 1.82) is 0 Å². The van der Waals surface area contributed by atoms with Crippen molar-refractivity contribution >= 4 is 22.7 Å². The van der Waals surface area contributed by atoms with Crippen molar-refractivity contribution in [2.45, 2.75) is 32.9 Å². The predicted octanol–water partition coefficient (Wildman–Crippen LogP) is 4.48. The molecule has 0 spiro atoms. The number of benzene rings is 2. The van der Waals surface area contributed by atoms with Crippen LogP contribution in [0, 0.1) is 0 Å². The number of methoxy groups -OCH3 is 1. The summed E-state index contributed by atoms with van der Waals surface area (Å²) >= 11 is 0. The van der Waals surface area contributed by atoms with Gasteiger partial charge in [-0.05, 0) is 38.5 Å². The molecule has 0 radical (unpaired) electrons. The lowest BCUT2D eigenvalue weighted by Gasteiger charge is -2.13. The van der Waals surface area contributed by atoms with E-state index >= 15 is 0 Å². The lowest BCUT2D eigenvalue weighted by Crippen LogP contribution is -2.12. The second kappa shape index (κ2) is 9.90. The van der Waals surface area contributed by atoms with Gasteiger partial charge in [0, 0.05) is 30.6 Å².